The molecule has 0 spiro atoms. The van der Waals surface area contributed by atoms with E-state index in [2.05, 4.69) is 31.0 Å². The Morgan fingerprint density at radius 3 is 2.79 bits per heavy atom. The van der Waals surface area contributed by atoms with Gasteiger partial charge < -0.3 is 9.67 Å². The first-order valence-corrected chi connectivity index (χ1v) is 13.3. The zero-order valence-corrected chi connectivity index (χ0v) is 21.2. The fourth-order valence-electron chi connectivity index (χ4n) is 9.14. The molecule has 1 N–H and O–H groups in total. The number of allylic oxidation sites excluding steroid dienone is 2. The van der Waals surface area contributed by atoms with Crippen molar-refractivity contribution in [2.24, 2.45) is 34.5 Å². The molecular weight excluding hydrogens is 422 g/mol. The van der Waals surface area contributed by atoms with Crippen LogP contribution in [0, 0.1) is 34.5 Å². The lowest BCUT2D eigenvalue weighted by Crippen LogP contribution is -2.55. The third-order valence-electron chi connectivity index (χ3n) is 10.9. The van der Waals surface area contributed by atoms with E-state index in [1.807, 2.05) is 30.0 Å². The van der Waals surface area contributed by atoms with Crippen molar-refractivity contribution in [2.75, 3.05) is 0 Å². The van der Waals surface area contributed by atoms with Crippen molar-refractivity contribution in [2.45, 2.75) is 91.2 Å². The Morgan fingerprint density at radius 1 is 1.15 bits per heavy atom. The summed E-state index contributed by atoms with van der Waals surface area (Å²) in [5.74, 6) is 2.93. The van der Waals surface area contributed by atoms with Crippen LogP contribution in [0.15, 0.2) is 35.8 Å². The lowest BCUT2D eigenvalue weighted by molar-refractivity contribution is -0.141. The Hall–Kier alpha value is -2.01. The van der Waals surface area contributed by atoms with Crippen molar-refractivity contribution in [1.29, 1.82) is 0 Å². The van der Waals surface area contributed by atoms with Crippen LogP contribution in [0.25, 0.3) is 11.3 Å². The molecule has 0 radical (unpaired) electrons. The van der Waals surface area contributed by atoms with Gasteiger partial charge in [-0.15, -0.1) is 5.10 Å². The average molecular weight is 462 g/mol. The van der Waals surface area contributed by atoms with E-state index in [1.165, 1.54) is 24.8 Å². The zero-order chi connectivity index (χ0) is 23.9. The molecule has 6 aliphatic rings. The van der Waals surface area contributed by atoms with Gasteiger partial charge in [0, 0.05) is 23.5 Å². The summed E-state index contributed by atoms with van der Waals surface area (Å²) < 4.78 is 1.97. The van der Waals surface area contributed by atoms with Gasteiger partial charge in [-0.05, 0) is 106 Å². The van der Waals surface area contributed by atoms with E-state index in [0.717, 1.165) is 54.9 Å². The number of rotatable bonds is 3. The van der Waals surface area contributed by atoms with Gasteiger partial charge in [0.05, 0.1) is 18.3 Å². The SMILES string of the molecule is CC1=C(C(=O)Cn2ccc3cnnc-3c2)[C@@]2(C)CC[C@H]3[C@@H](CC[C@H]4C[C@](C)(O)CC[C@@]43C)[C@@H]2C1. The first-order chi connectivity index (χ1) is 16.1. The van der Waals surface area contributed by atoms with Crippen molar-refractivity contribution in [3.8, 4) is 11.3 Å². The van der Waals surface area contributed by atoms with Crippen LogP contribution < -0.4 is 0 Å². The first kappa shape index (κ1) is 22.5. The quantitative estimate of drug-likeness (QED) is 0.639. The van der Waals surface area contributed by atoms with Crippen LogP contribution in [0.4, 0.5) is 0 Å². The number of fused-ring (bicyclic) bond motifs is 6. The predicted octanol–water partition coefficient (Wildman–Crippen LogP) is 5.67. The smallest absolute Gasteiger partial charge is 0.178 e. The number of Topliss-reactive ketones (excluding diaryl/α,β-unsaturated/α-hetero) is 1. The number of aliphatic hydroxyl groups is 1. The molecule has 3 saturated carbocycles. The third-order valence-corrected chi connectivity index (χ3v) is 10.9. The van der Waals surface area contributed by atoms with Gasteiger partial charge in [-0.3, -0.25) is 4.79 Å². The van der Waals surface area contributed by atoms with E-state index >= 15 is 0 Å². The second-order valence-corrected chi connectivity index (χ2v) is 12.9. The Bertz CT molecular complexity index is 1130. The molecule has 3 fully saturated rings. The maximum Gasteiger partial charge on any atom is 0.178 e. The first-order valence-electron chi connectivity index (χ1n) is 13.3. The molecule has 6 rings (SSSR count). The molecule has 0 saturated heterocycles. The summed E-state index contributed by atoms with van der Waals surface area (Å²) in [6.07, 6.45) is 14.6. The van der Waals surface area contributed by atoms with Crippen molar-refractivity contribution >= 4 is 5.78 Å². The number of hydrogen-bond donors (Lipinski definition) is 1. The van der Waals surface area contributed by atoms with E-state index < -0.39 is 5.60 Å². The minimum absolute atomic E-state index is 0.00351. The average Bonchev–Trinajstić information content (AvgIpc) is 3.34. The second kappa shape index (κ2) is 7.49. The minimum atomic E-state index is -0.486. The number of ketones is 1. The second-order valence-electron chi connectivity index (χ2n) is 12.9. The fourth-order valence-corrected chi connectivity index (χ4v) is 9.14. The van der Waals surface area contributed by atoms with Gasteiger partial charge in [0.1, 0.15) is 5.69 Å². The fraction of sp³-hybridized carbons (Fsp3) is 0.690. The Morgan fingerprint density at radius 2 is 1.97 bits per heavy atom. The lowest BCUT2D eigenvalue weighted by Gasteiger charge is -2.61. The summed E-state index contributed by atoms with van der Waals surface area (Å²) in [5, 5.41) is 18.9. The largest absolute Gasteiger partial charge is 0.390 e. The van der Waals surface area contributed by atoms with E-state index in [9.17, 15) is 9.90 Å². The van der Waals surface area contributed by atoms with E-state index in [1.54, 1.807) is 6.20 Å². The van der Waals surface area contributed by atoms with Crippen LogP contribution in [0.1, 0.15) is 79.1 Å². The highest BCUT2D eigenvalue weighted by Crippen LogP contribution is 2.67. The van der Waals surface area contributed by atoms with Crippen LogP contribution in [0.2, 0.25) is 0 Å². The van der Waals surface area contributed by atoms with Gasteiger partial charge in [0.2, 0.25) is 0 Å². The molecule has 182 valence electrons. The van der Waals surface area contributed by atoms with Crippen LogP contribution in [-0.4, -0.2) is 31.3 Å². The molecule has 0 aromatic rings. The number of hydrogen-bond acceptors (Lipinski definition) is 4. The van der Waals surface area contributed by atoms with Crippen LogP contribution in [0.5, 0.6) is 0 Å². The van der Waals surface area contributed by atoms with Gasteiger partial charge in [0.25, 0.3) is 0 Å². The van der Waals surface area contributed by atoms with Crippen LogP contribution in [0.3, 0.4) is 0 Å². The summed E-state index contributed by atoms with van der Waals surface area (Å²) in [6.45, 7) is 9.56. The van der Waals surface area contributed by atoms with Crippen molar-refractivity contribution in [3.05, 3.63) is 35.8 Å². The Kier molecular flexibility index (Phi) is 4.95. The van der Waals surface area contributed by atoms with E-state index in [4.69, 9.17) is 0 Å². The number of carbonyl (C=O) groups is 1. The molecule has 0 unspecified atom stereocenters. The number of aromatic nitrogens is 3. The van der Waals surface area contributed by atoms with Crippen molar-refractivity contribution < 1.29 is 9.90 Å². The maximum atomic E-state index is 13.7. The minimum Gasteiger partial charge on any atom is -0.390 e. The molecule has 0 amide bonds. The standard InChI is InChI=1S/C29H39N3O2/c1-18-13-23-21-6-5-20-14-27(2,34)10-11-28(20,3)22(21)7-9-29(23,4)26(18)25(33)17-32-12-8-19-15-30-31-24(19)16-32/h8,12,15-16,20-23,34H,5-7,9-11,13-14,17H2,1-4H3/t20-,21+,22-,23-,27+,28-,29-/m0/s1. The van der Waals surface area contributed by atoms with Gasteiger partial charge in [0.15, 0.2) is 5.78 Å². The molecule has 7 atom stereocenters. The van der Waals surface area contributed by atoms with E-state index in [-0.39, 0.29) is 11.2 Å². The van der Waals surface area contributed by atoms with E-state index in [0.29, 0.717) is 29.7 Å². The van der Waals surface area contributed by atoms with Gasteiger partial charge in [-0.1, -0.05) is 19.4 Å². The number of pyridine rings is 1. The summed E-state index contributed by atoms with van der Waals surface area (Å²) in [5.41, 5.74) is 4.16. The molecule has 0 bridgehead atoms. The topological polar surface area (TPSA) is 68.0 Å². The summed E-state index contributed by atoms with van der Waals surface area (Å²) in [6, 6.07) is 1.99. The van der Waals surface area contributed by atoms with Gasteiger partial charge in [-0.25, -0.2) is 0 Å². The van der Waals surface area contributed by atoms with Crippen LogP contribution >= 0.6 is 0 Å². The highest BCUT2D eigenvalue weighted by molar-refractivity contribution is 5.98. The molecule has 5 heteroatoms. The van der Waals surface area contributed by atoms with Crippen LogP contribution in [-0.2, 0) is 11.3 Å². The summed E-state index contributed by atoms with van der Waals surface area (Å²) in [7, 11) is 0. The monoisotopic (exact) mass is 461 g/mol. The molecular formula is C29H39N3O2. The zero-order valence-electron chi connectivity index (χ0n) is 21.2. The molecule has 2 heterocycles. The highest BCUT2D eigenvalue weighted by Gasteiger charge is 2.60. The lowest BCUT2D eigenvalue weighted by atomic mass is 9.44. The molecule has 0 aromatic heterocycles. The summed E-state index contributed by atoms with van der Waals surface area (Å²) >= 11 is 0. The maximum absolute atomic E-state index is 13.7. The number of carbonyl (C=O) groups excluding carboxylic acids is 1. The van der Waals surface area contributed by atoms with Gasteiger partial charge in [-0.2, -0.15) is 5.10 Å². The molecule has 5 nitrogen and oxygen atoms in total. The third kappa shape index (κ3) is 3.26. The molecule has 0 aromatic carbocycles. The van der Waals surface area contributed by atoms with Gasteiger partial charge >= 0.3 is 0 Å². The van der Waals surface area contributed by atoms with Crippen molar-refractivity contribution in [3.63, 3.8) is 0 Å². The molecule has 2 aliphatic heterocycles. The molecule has 4 aliphatic carbocycles. The number of nitrogens with zero attached hydrogens (tertiary/aromatic N) is 3. The Labute approximate surface area is 203 Å². The Balaban J connectivity index is 1.25. The molecule has 34 heavy (non-hydrogen) atoms. The van der Waals surface area contributed by atoms with Crippen molar-refractivity contribution in [1.82, 2.24) is 14.8 Å². The summed E-state index contributed by atoms with van der Waals surface area (Å²) in [4.78, 5) is 13.7. The normalized spacial score (nSPS) is 41.8. The highest BCUT2D eigenvalue weighted by atomic mass is 16.3. The predicted molar refractivity (Wildman–Crippen MR) is 132 cm³/mol.